The van der Waals surface area contributed by atoms with Crippen molar-refractivity contribution >= 4 is 0 Å². The molecule has 2 atom stereocenters. The molecule has 92 valence electrons. The SMILES string of the molecule is C=C=C(OC)[C@@H]1[C@@H](OC(C)(C)C)CCN1O. The Labute approximate surface area is 97.1 Å². The molecule has 1 rings (SSSR count). The fraction of sp³-hybridized carbons (Fsp3) is 0.750. The summed E-state index contributed by atoms with van der Waals surface area (Å²) in [5.41, 5.74) is 2.46. The average molecular weight is 227 g/mol. The van der Waals surface area contributed by atoms with E-state index >= 15 is 0 Å². The monoisotopic (exact) mass is 227 g/mol. The molecule has 0 aromatic carbocycles. The third-order valence-corrected chi connectivity index (χ3v) is 2.48. The Morgan fingerprint density at radius 1 is 1.50 bits per heavy atom. The van der Waals surface area contributed by atoms with E-state index in [1.165, 1.54) is 5.06 Å². The lowest BCUT2D eigenvalue weighted by atomic mass is 10.1. The van der Waals surface area contributed by atoms with E-state index in [2.05, 4.69) is 12.3 Å². The van der Waals surface area contributed by atoms with Gasteiger partial charge in [0.1, 0.15) is 6.04 Å². The maximum atomic E-state index is 9.77. The second kappa shape index (κ2) is 5.02. The molecule has 0 unspecified atom stereocenters. The molecule has 1 N–H and O–H groups in total. The Hall–Kier alpha value is -0.800. The normalized spacial score (nSPS) is 26.6. The van der Waals surface area contributed by atoms with Crippen LogP contribution in [0.4, 0.5) is 0 Å². The first kappa shape index (κ1) is 13.3. The van der Waals surface area contributed by atoms with Gasteiger partial charge in [-0.25, -0.2) is 0 Å². The molecular formula is C12H21NO3. The minimum atomic E-state index is -0.304. The van der Waals surface area contributed by atoms with Crippen molar-refractivity contribution < 1.29 is 14.7 Å². The Morgan fingerprint density at radius 3 is 2.56 bits per heavy atom. The van der Waals surface area contributed by atoms with Crippen LogP contribution in [0, 0.1) is 0 Å². The van der Waals surface area contributed by atoms with Gasteiger partial charge in [0, 0.05) is 6.54 Å². The average Bonchev–Trinajstić information content (AvgIpc) is 2.49. The first-order valence-electron chi connectivity index (χ1n) is 5.46. The van der Waals surface area contributed by atoms with Gasteiger partial charge in [-0.15, -0.1) is 0 Å². The molecular weight excluding hydrogens is 206 g/mol. The van der Waals surface area contributed by atoms with Crippen molar-refractivity contribution in [2.45, 2.75) is 44.9 Å². The van der Waals surface area contributed by atoms with Gasteiger partial charge in [-0.05, 0) is 27.2 Å². The van der Waals surface area contributed by atoms with Crippen molar-refractivity contribution in [1.29, 1.82) is 0 Å². The van der Waals surface area contributed by atoms with E-state index in [9.17, 15) is 5.21 Å². The van der Waals surface area contributed by atoms with Crippen LogP contribution in [-0.2, 0) is 9.47 Å². The zero-order chi connectivity index (χ0) is 12.3. The molecule has 1 aliphatic heterocycles. The van der Waals surface area contributed by atoms with Crippen LogP contribution in [0.25, 0.3) is 0 Å². The van der Waals surface area contributed by atoms with Crippen molar-refractivity contribution in [1.82, 2.24) is 5.06 Å². The molecule has 16 heavy (non-hydrogen) atoms. The molecule has 0 spiro atoms. The maximum absolute atomic E-state index is 9.77. The molecule has 0 saturated carbocycles. The largest absolute Gasteiger partial charge is 0.491 e. The van der Waals surface area contributed by atoms with Crippen LogP contribution < -0.4 is 0 Å². The Bertz CT molecular complexity index is 289. The molecule has 1 fully saturated rings. The minimum Gasteiger partial charge on any atom is -0.491 e. The van der Waals surface area contributed by atoms with Gasteiger partial charge < -0.3 is 14.7 Å². The highest BCUT2D eigenvalue weighted by atomic mass is 16.5. The van der Waals surface area contributed by atoms with E-state index in [0.29, 0.717) is 12.3 Å². The maximum Gasteiger partial charge on any atom is 0.159 e. The smallest absolute Gasteiger partial charge is 0.159 e. The summed E-state index contributed by atoms with van der Waals surface area (Å²) in [6, 6.07) is -0.304. The van der Waals surface area contributed by atoms with E-state index in [-0.39, 0.29) is 17.7 Å². The zero-order valence-corrected chi connectivity index (χ0v) is 10.5. The predicted molar refractivity (Wildman–Crippen MR) is 61.2 cm³/mol. The standard InChI is InChI=1S/C12H21NO3/c1-6-9(15-5)11-10(7-8-13(11)14)16-12(2,3)4/h10-11,14H,1,7-8H2,2-5H3/t10-,11+/m0/s1. The number of hydroxylamine groups is 2. The highest BCUT2D eigenvalue weighted by Gasteiger charge is 2.39. The zero-order valence-electron chi connectivity index (χ0n) is 10.5. The molecule has 1 saturated heterocycles. The summed E-state index contributed by atoms with van der Waals surface area (Å²) in [6.07, 6.45) is 0.682. The number of hydrogen-bond donors (Lipinski definition) is 1. The number of nitrogens with zero attached hydrogens (tertiary/aromatic N) is 1. The summed E-state index contributed by atoms with van der Waals surface area (Å²) in [4.78, 5) is 0. The van der Waals surface area contributed by atoms with Crippen LogP contribution in [-0.4, -0.2) is 41.7 Å². The van der Waals surface area contributed by atoms with E-state index in [1.807, 2.05) is 20.8 Å². The summed E-state index contributed by atoms with van der Waals surface area (Å²) in [6.45, 7) is 10.1. The summed E-state index contributed by atoms with van der Waals surface area (Å²) in [7, 11) is 1.55. The Balaban J connectivity index is 2.82. The summed E-state index contributed by atoms with van der Waals surface area (Å²) < 4.78 is 11.1. The van der Waals surface area contributed by atoms with Gasteiger partial charge in [-0.2, -0.15) is 5.06 Å². The molecule has 0 radical (unpaired) electrons. The van der Waals surface area contributed by atoms with Crippen LogP contribution in [0.1, 0.15) is 27.2 Å². The van der Waals surface area contributed by atoms with E-state index in [0.717, 1.165) is 6.42 Å². The quantitative estimate of drug-likeness (QED) is 0.591. The second-order valence-corrected chi connectivity index (χ2v) is 4.91. The lowest BCUT2D eigenvalue weighted by molar-refractivity contribution is -0.139. The predicted octanol–water partition coefficient (Wildman–Crippen LogP) is 1.95. The van der Waals surface area contributed by atoms with E-state index < -0.39 is 0 Å². The number of rotatable bonds is 3. The fourth-order valence-electron chi connectivity index (χ4n) is 1.93. The molecule has 0 aliphatic carbocycles. The number of hydrogen-bond acceptors (Lipinski definition) is 4. The third-order valence-electron chi connectivity index (χ3n) is 2.48. The second-order valence-electron chi connectivity index (χ2n) is 4.91. The van der Waals surface area contributed by atoms with Gasteiger partial charge in [0.15, 0.2) is 5.76 Å². The fourth-order valence-corrected chi connectivity index (χ4v) is 1.93. The van der Waals surface area contributed by atoms with Gasteiger partial charge in [0.2, 0.25) is 0 Å². The molecule has 0 aromatic rings. The van der Waals surface area contributed by atoms with Crippen LogP contribution >= 0.6 is 0 Å². The van der Waals surface area contributed by atoms with E-state index in [1.54, 1.807) is 7.11 Å². The first-order valence-corrected chi connectivity index (χ1v) is 5.46. The minimum absolute atomic E-state index is 0.0887. The van der Waals surface area contributed by atoms with Crippen molar-refractivity contribution in [2.24, 2.45) is 0 Å². The summed E-state index contributed by atoms with van der Waals surface area (Å²) in [5.74, 6) is 0.522. The number of methoxy groups -OCH3 is 1. The molecule has 0 amide bonds. The first-order chi connectivity index (χ1) is 7.39. The van der Waals surface area contributed by atoms with Crippen LogP contribution in [0.15, 0.2) is 18.1 Å². The van der Waals surface area contributed by atoms with Crippen LogP contribution in [0.2, 0.25) is 0 Å². The van der Waals surface area contributed by atoms with Gasteiger partial charge in [-0.3, -0.25) is 0 Å². The summed E-state index contributed by atoms with van der Waals surface area (Å²) in [5, 5.41) is 11.0. The van der Waals surface area contributed by atoms with Crippen molar-refractivity contribution in [2.75, 3.05) is 13.7 Å². The molecule has 4 nitrogen and oxygen atoms in total. The molecule has 4 heteroatoms. The van der Waals surface area contributed by atoms with E-state index in [4.69, 9.17) is 9.47 Å². The van der Waals surface area contributed by atoms with Crippen molar-refractivity contribution in [3.05, 3.63) is 18.1 Å². The van der Waals surface area contributed by atoms with Crippen LogP contribution in [0.5, 0.6) is 0 Å². The van der Waals surface area contributed by atoms with Gasteiger partial charge >= 0.3 is 0 Å². The summed E-state index contributed by atoms with van der Waals surface area (Å²) >= 11 is 0. The highest BCUT2D eigenvalue weighted by molar-refractivity contribution is 5.07. The van der Waals surface area contributed by atoms with Crippen LogP contribution in [0.3, 0.4) is 0 Å². The van der Waals surface area contributed by atoms with Crippen molar-refractivity contribution in [3.63, 3.8) is 0 Å². The van der Waals surface area contributed by atoms with Gasteiger partial charge in [0.05, 0.1) is 18.8 Å². The third kappa shape index (κ3) is 3.09. The Kier molecular flexibility index (Phi) is 4.16. The number of ether oxygens (including phenoxy) is 2. The highest BCUT2D eigenvalue weighted by Crippen LogP contribution is 2.28. The molecule has 0 aromatic heterocycles. The molecule has 1 aliphatic rings. The topological polar surface area (TPSA) is 41.9 Å². The molecule has 0 bridgehead atoms. The molecule has 1 heterocycles. The van der Waals surface area contributed by atoms with Gasteiger partial charge in [0.25, 0.3) is 0 Å². The lowest BCUT2D eigenvalue weighted by Gasteiger charge is -2.30. The Morgan fingerprint density at radius 2 is 2.12 bits per heavy atom. The van der Waals surface area contributed by atoms with Gasteiger partial charge in [-0.1, -0.05) is 12.3 Å². The van der Waals surface area contributed by atoms with Crippen molar-refractivity contribution in [3.8, 4) is 0 Å². The lowest BCUT2D eigenvalue weighted by Crippen LogP contribution is -2.39.